The molecule has 1 atom stereocenters. The molecular formula is C9H15N3S. The molecule has 3 nitrogen and oxygen atoms in total. The second-order valence-corrected chi connectivity index (χ2v) is 3.73. The minimum absolute atomic E-state index is 0.463. The zero-order chi connectivity index (χ0) is 9.68. The average molecular weight is 197 g/mol. The summed E-state index contributed by atoms with van der Waals surface area (Å²) in [5, 5.41) is 4.30. The molecule has 13 heavy (non-hydrogen) atoms. The van der Waals surface area contributed by atoms with Gasteiger partial charge in [0.05, 0.1) is 0 Å². The predicted molar refractivity (Wildman–Crippen MR) is 57.2 cm³/mol. The zero-order valence-corrected chi connectivity index (χ0v) is 9.06. The Balaban J connectivity index is 2.66. The Morgan fingerprint density at radius 3 is 2.92 bits per heavy atom. The van der Waals surface area contributed by atoms with Crippen molar-refractivity contribution in [3.05, 3.63) is 12.4 Å². The van der Waals surface area contributed by atoms with Crippen molar-refractivity contribution in [2.45, 2.75) is 31.3 Å². The molecule has 4 heteroatoms. The highest BCUT2D eigenvalue weighted by Crippen LogP contribution is 2.14. The molecule has 1 heterocycles. The van der Waals surface area contributed by atoms with Gasteiger partial charge in [0.2, 0.25) is 0 Å². The number of rotatable bonds is 4. The van der Waals surface area contributed by atoms with E-state index in [9.17, 15) is 0 Å². The molecule has 0 aromatic carbocycles. The maximum absolute atomic E-state index is 4.14. The summed E-state index contributed by atoms with van der Waals surface area (Å²) in [5.41, 5.74) is 0. The summed E-state index contributed by atoms with van der Waals surface area (Å²) < 4.78 is 0. The molecule has 1 aromatic heterocycles. The molecule has 1 rings (SSSR count). The summed E-state index contributed by atoms with van der Waals surface area (Å²) in [4.78, 5) is 8.24. The number of nitrogens with zero attached hydrogens (tertiary/aromatic N) is 2. The van der Waals surface area contributed by atoms with Gasteiger partial charge in [0, 0.05) is 12.1 Å². The van der Waals surface area contributed by atoms with Crippen LogP contribution in [0.2, 0.25) is 0 Å². The van der Waals surface area contributed by atoms with Crippen molar-refractivity contribution in [1.29, 1.82) is 0 Å². The summed E-state index contributed by atoms with van der Waals surface area (Å²) >= 11 is 1.63. The number of nitrogens with one attached hydrogen (secondary N) is 1. The molecule has 0 spiro atoms. The first-order valence-corrected chi connectivity index (χ1v) is 5.61. The molecular weight excluding hydrogens is 182 g/mol. The van der Waals surface area contributed by atoms with E-state index in [2.05, 4.69) is 29.1 Å². The van der Waals surface area contributed by atoms with Gasteiger partial charge in [-0.3, -0.25) is 0 Å². The van der Waals surface area contributed by atoms with Gasteiger partial charge in [0.25, 0.3) is 0 Å². The van der Waals surface area contributed by atoms with Gasteiger partial charge < -0.3 is 5.32 Å². The van der Waals surface area contributed by atoms with Crippen LogP contribution in [-0.4, -0.2) is 22.3 Å². The van der Waals surface area contributed by atoms with Crippen molar-refractivity contribution in [3.8, 4) is 0 Å². The Labute approximate surface area is 83.4 Å². The maximum Gasteiger partial charge on any atom is 0.130 e. The van der Waals surface area contributed by atoms with Crippen molar-refractivity contribution in [1.82, 2.24) is 9.97 Å². The van der Waals surface area contributed by atoms with Crippen LogP contribution in [0.15, 0.2) is 17.4 Å². The fourth-order valence-electron chi connectivity index (χ4n) is 0.885. The smallest absolute Gasteiger partial charge is 0.130 e. The van der Waals surface area contributed by atoms with Crippen LogP contribution < -0.4 is 5.32 Å². The second-order valence-electron chi connectivity index (χ2n) is 2.90. The van der Waals surface area contributed by atoms with Crippen molar-refractivity contribution in [2.24, 2.45) is 0 Å². The highest BCUT2D eigenvalue weighted by Gasteiger charge is 2.00. The van der Waals surface area contributed by atoms with Crippen molar-refractivity contribution >= 4 is 17.6 Å². The van der Waals surface area contributed by atoms with E-state index in [-0.39, 0.29) is 0 Å². The van der Waals surface area contributed by atoms with E-state index < -0.39 is 0 Å². The van der Waals surface area contributed by atoms with E-state index in [1.165, 1.54) is 0 Å². The lowest BCUT2D eigenvalue weighted by Crippen LogP contribution is -2.14. The van der Waals surface area contributed by atoms with Gasteiger partial charge in [-0.25, -0.2) is 9.97 Å². The Morgan fingerprint density at radius 1 is 1.54 bits per heavy atom. The van der Waals surface area contributed by atoms with Crippen molar-refractivity contribution in [3.63, 3.8) is 0 Å². The molecule has 0 fully saturated rings. The summed E-state index contributed by atoms with van der Waals surface area (Å²) in [7, 11) is 0. The first kappa shape index (κ1) is 10.3. The minimum Gasteiger partial charge on any atom is -0.367 e. The lowest BCUT2D eigenvalue weighted by molar-refractivity contribution is 0.757. The average Bonchev–Trinajstić information content (AvgIpc) is 2.18. The maximum atomic E-state index is 4.14. The molecule has 0 saturated carbocycles. The molecule has 1 unspecified atom stereocenters. The molecule has 0 amide bonds. The highest BCUT2D eigenvalue weighted by atomic mass is 32.2. The fraction of sp³-hybridized carbons (Fsp3) is 0.556. The standard InChI is InChI=1S/C9H15N3S/c1-4-7(2)12-8-5-9(13-3)11-6-10-8/h5-7H,4H2,1-3H3,(H,10,11,12). The molecule has 72 valence electrons. The molecule has 1 aromatic rings. The second kappa shape index (κ2) is 5.07. The molecule has 0 aliphatic carbocycles. The fourth-order valence-corrected chi connectivity index (χ4v) is 1.27. The predicted octanol–water partition coefficient (Wildman–Crippen LogP) is 2.41. The lowest BCUT2D eigenvalue weighted by Gasteiger charge is -2.11. The van der Waals surface area contributed by atoms with E-state index in [0.717, 1.165) is 17.3 Å². The summed E-state index contributed by atoms with van der Waals surface area (Å²) in [6.45, 7) is 4.29. The molecule has 0 bridgehead atoms. The van der Waals surface area contributed by atoms with Gasteiger partial charge in [0.15, 0.2) is 0 Å². The molecule has 0 saturated heterocycles. The Kier molecular flexibility index (Phi) is 4.02. The first-order chi connectivity index (χ1) is 6.26. The summed E-state index contributed by atoms with van der Waals surface area (Å²) in [5.74, 6) is 0.911. The normalized spacial score (nSPS) is 12.5. The number of aromatic nitrogens is 2. The number of thioether (sulfide) groups is 1. The number of hydrogen-bond acceptors (Lipinski definition) is 4. The third kappa shape index (κ3) is 3.22. The molecule has 0 aliphatic heterocycles. The van der Waals surface area contributed by atoms with Crippen LogP contribution in [0.3, 0.4) is 0 Å². The monoisotopic (exact) mass is 197 g/mol. The Hall–Kier alpha value is -0.770. The highest BCUT2D eigenvalue weighted by molar-refractivity contribution is 7.98. The SMILES string of the molecule is CCC(C)Nc1cc(SC)ncn1. The van der Waals surface area contributed by atoms with Crippen LogP contribution in [0.5, 0.6) is 0 Å². The molecule has 0 radical (unpaired) electrons. The molecule has 1 N–H and O–H groups in total. The van der Waals surface area contributed by atoms with E-state index in [4.69, 9.17) is 0 Å². The molecule has 0 aliphatic rings. The Bertz CT molecular complexity index is 265. The van der Waals surface area contributed by atoms with Crippen LogP contribution in [0.25, 0.3) is 0 Å². The van der Waals surface area contributed by atoms with E-state index in [0.29, 0.717) is 6.04 Å². The topological polar surface area (TPSA) is 37.8 Å². The van der Waals surface area contributed by atoms with Crippen molar-refractivity contribution < 1.29 is 0 Å². The van der Waals surface area contributed by atoms with Gasteiger partial charge in [-0.05, 0) is 19.6 Å². The van der Waals surface area contributed by atoms with E-state index in [1.54, 1.807) is 18.1 Å². The van der Waals surface area contributed by atoms with Gasteiger partial charge in [-0.1, -0.05) is 6.92 Å². The van der Waals surface area contributed by atoms with Crippen LogP contribution >= 0.6 is 11.8 Å². The lowest BCUT2D eigenvalue weighted by atomic mass is 10.2. The number of hydrogen-bond donors (Lipinski definition) is 1. The van der Waals surface area contributed by atoms with Crippen LogP contribution in [-0.2, 0) is 0 Å². The van der Waals surface area contributed by atoms with E-state index >= 15 is 0 Å². The van der Waals surface area contributed by atoms with Crippen LogP contribution in [0.1, 0.15) is 20.3 Å². The third-order valence-electron chi connectivity index (χ3n) is 1.86. The first-order valence-electron chi connectivity index (χ1n) is 4.38. The zero-order valence-electron chi connectivity index (χ0n) is 8.24. The van der Waals surface area contributed by atoms with Gasteiger partial charge in [0.1, 0.15) is 17.2 Å². The summed E-state index contributed by atoms with van der Waals surface area (Å²) in [6.07, 6.45) is 4.70. The van der Waals surface area contributed by atoms with Crippen LogP contribution in [0, 0.1) is 0 Å². The third-order valence-corrected chi connectivity index (χ3v) is 2.50. The largest absolute Gasteiger partial charge is 0.367 e. The summed E-state index contributed by atoms with van der Waals surface area (Å²) in [6, 6.07) is 2.43. The minimum atomic E-state index is 0.463. The van der Waals surface area contributed by atoms with Gasteiger partial charge >= 0.3 is 0 Å². The van der Waals surface area contributed by atoms with Gasteiger partial charge in [-0.2, -0.15) is 0 Å². The quantitative estimate of drug-likeness (QED) is 0.594. The van der Waals surface area contributed by atoms with Crippen molar-refractivity contribution in [2.75, 3.05) is 11.6 Å². The van der Waals surface area contributed by atoms with Crippen LogP contribution in [0.4, 0.5) is 5.82 Å². The Morgan fingerprint density at radius 2 is 2.31 bits per heavy atom. The van der Waals surface area contributed by atoms with Gasteiger partial charge in [-0.15, -0.1) is 11.8 Å². The number of anilines is 1. The van der Waals surface area contributed by atoms with E-state index in [1.807, 2.05) is 12.3 Å².